The molecule has 15 heteroatoms. The van der Waals surface area contributed by atoms with Crippen LogP contribution in [0.2, 0.25) is 0 Å². The predicted octanol–water partition coefficient (Wildman–Crippen LogP) is 6.98. The summed E-state index contributed by atoms with van der Waals surface area (Å²) >= 11 is 1.53. The number of carbonyl (C=O) groups is 4. The lowest BCUT2D eigenvalue weighted by molar-refractivity contribution is -0.145. The number of carboxylic acid groups (broad SMARTS) is 1. The van der Waals surface area contributed by atoms with Gasteiger partial charge in [-0.2, -0.15) is 0 Å². The Morgan fingerprint density at radius 1 is 0.948 bits per heavy atom. The van der Waals surface area contributed by atoms with Crippen LogP contribution >= 0.6 is 11.3 Å². The predicted molar refractivity (Wildman–Crippen MR) is 219 cm³/mol. The molecule has 5 atom stereocenters. The van der Waals surface area contributed by atoms with E-state index >= 15 is 0 Å². The van der Waals surface area contributed by atoms with Gasteiger partial charge in [-0.05, 0) is 76.3 Å². The molecule has 4 N–H and O–H groups in total. The number of aliphatic carboxylic acids is 1. The first-order valence-electron chi connectivity index (χ1n) is 21.1. The van der Waals surface area contributed by atoms with Crippen molar-refractivity contribution in [3.63, 3.8) is 0 Å². The Bertz CT molecular complexity index is 2030. The molecule has 4 fully saturated rings. The number of alkyl carbamates (subject to hydrolysis) is 1. The second kappa shape index (κ2) is 17.5. The first-order valence-corrected chi connectivity index (χ1v) is 21.9. The molecule has 0 bridgehead atoms. The summed E-state index contributed by atoms with van der Waals surface area (Å²) in [6, 6.07) is 5.80. The number of aromatic nitrogens is 2. The molecule has 8 rings (SSSR count). The Hall–Kier alpha value is -4.92. The van der Waals surface area contributed by atoms with Gasteiger partial charge in [0.1, 0.15) is 47.0 Å². The van der Waals surface area contributed by atoms with Crippen molar-refractivity contribution in [3.8, 4) is 22.9 Å². The second-order valence-corrected chi connectivity index (χ2v) is 17.4. The van der Waals surface area contributed by atoms with E-state index in [-0.39, 0.29) is 31.4 Å². The van der Waals surface area contributed by atoms with Gasteiger partial charge in [-0.3, -0.25) is 9.59 Å². The summed E-state index contributed by atoms with van der Waals surface area (Å²) in [5.74, 6) is -1.32. The summed E-state index contributed by atoms with van der Waals surface area (Å²) in [6.45, 7) is 0.0393. The number of rotatable bonds is 9. The van der Waals surface area contributed by atoms with E-state index in [2.05, 4.69) is 16.0 Å². The van der Waals surface area contributed by atoms with Crippen molar-refractivity contribution in [1.82, 2.24) is 25.5 Å². The largest absolute Gasteiger partial charge is 0.497 e. The summed E-state index contributed by atoms with van der Waals surface area (Å²) in [7, 11) is 1.60. The second-order valence-electron chi connectivity index (χ2n) is 16.5. The summed E-state index contributed by atoms with van der Waals surface area (Å²) in [6.07, 6.45) is 15.7. The minimum Gasteiger partial charge on any atom is -0.497 e. The van der Waals surface area contributed by atoms with Crippen LogP contribution in [0.25, 0.3) is 22.3 Å². The number of amides is 3. The lowest BCUT2D eigenvalue weighted by Crippen LogP contribution is -2.56. The molecular formula is C43H54N6O8S. The normalized spacial score (nSPS) is 27.7. The van der Waals surface area contributed by atoms with E-state index in [0.717, 1.165) is 62.9 Å². The summed E-state index contributed by atoms with van der Waals surface area (Å²) < 4.78 is 18.0. The van der Waals surface area contributed by atoms with E-state index in [1.807, 2.05) is 41.8 Å². The Labute approximate surface area is 342 Å². The van der Waals surface area contributed by atoms with E-state index in [1.165, 1.54) is 35.5 Å². The van der Waals surface area contributed by atoms with Crippen molar-refractivity contribution in [2.75, 3.05) is 19.0 Å². The molecule has 2 aliphatic heterocycles. The fourth-order valence-electron chi connectivity index (χ4n) is 9.07. The smallest absolute Gasteiger partial charge is 0.408 e. The molecule has 1 saturated heterocycles. The number of hydrogen-bond donors (Lipinski definition) is 4. The summed E-state index contributed by atoms with van der Waals surface area (Å²) in [4.78, 5) is 66.0. The number of allylic oxidation sites excluding steroid dienone is 1. The van der Waals surface area contributed by atoms with Crippen molar-refractivity contribution in [2.45, 2.75) is 139 Å². The van der Waals surface area contributed by atoms with Crippen LogP contribution in [-0.2, 0) is 19.1 Å². The Balaban J connectivity index is 1.09. The van der Waals surface area contributed by atoms with Crippen LogP contribution in [0.5, 0.6) is 11.5 Å². The maximum Gasteiger partial charge on any atom is 0.408 e. The fourth-order valence-corrected chi connectivity index (χ4v) is 9.85. The third-order valence-electron chi connectivity index (χ3n) is 12.5. The molecule has 3 aromatic rings. The molecule has 0 unspecified atom stereocenters. The van der Waals surface area contributed by atoms with Crippen LogP contribution in [0.1, 0.15) is 103 Å². The van der Waals surface area contributed by atoms with Gasteiger partial charge in [0.2, 0.25) is 11.8 Å². The van der Waals surface area contributed by atoms with Gasteiger partial charge in [-0.1, -0.05) is 44.3 Å². The zero-order chi connectivity index (χ0) is 40.2. The highest BCUT2D eigenvalue weighted by Gasteiger charge is 2.61. The number of carbonyl (C=O) groups excluding carboxylic acids is 3. The highest BCUT2D eigenvalue weighted by molar-refractivity contribution is 7.14. The quantitative estimate of drug-likeness (QED) is 0.164. The molecule has 58 heavy (non-hydrogen) atoms. The molecule has 310 valence electrons. The van der Waals surface area contributed by atoms with E-state index < -0.39 is 47.6 Å². The van der Waals surface area contributed by atoms with Gasteiger partial charge >= 0.3 is 12.1 Å². The van der Waals surface area contributed by atoms with E-state index in [4.69, 9.17) is 24.2 Å². The standard InChI is InChI=1S/C43H54N6O8S/c1-55-29-18-19-31-33(20-29)45-34(35-25-58-41(46-35)44-27-13-7-5-8-14-27)22-37(31)56-30-21-36-38(50)48-43(40(52)53)23-26(43)12-6-3-2-4-9-17-32(39(51)49(36)24-30)47-42(54)57-28-15-10-11-16-28/h6,12,18-20,22,25-28,30,32,36H,2-5,7-11,13-17,21,23-24H2,1H3,(H,44,46)(H,47,54)(H,48,50)(H,52,53)/b12-6-/t26-,30-,32+,36+,43-/m1/s1. The fraction of sp³-hybridized carbons (Fsp3) is 0.581. The van der Waals surface area contributed by atoms with Crippen LogP contribution < -0.4 is 25.4 Å². The van der Waals surface area contributed by atoms with Crippen molar-refractivity contribution in [1.29, 1.82) is 0 Å². The summed E-state index contributed by atoms with van der Waals surface area (Å²) in [5, 5.41) is 23.1. The van der Waals surface area contributed by atoms with E-state index in [0.29, 0.717) is 52.7 Å². The third kappa shape index (κ3) is 8.88. The molecule has 4 heterocycles. The Morgan fingerprint density at radius 3 is 2.52 bits per heavy atom. The van der Waals surface area contributed by atoms with Gasteiger partial charge in [0, 0.05) is 41.3 Å². The number of nitrogens with one attached hydrogen (secondary N) is 3. The van der Waals surface area contributed by atoms with Crippen molar-refractivity contribution < 1.29 is 38.5 Å². The van der Waals surface area contributed by atoms with Crippen molar-refractivity contribution in [2.24, 2.45) is 5.92 Å². The lowest BCUT2D eigenvalue weighted by Gasteiger charge is -2.29. The Kier molecular flexibility index (Phi) is 12.0. The number of nitrogens with zero attached hydrogens (tertiary/aromatic N) is 3. The molecule has 2 aromatic heterocycles. The number of pyridine rings is 1. The molecule has 1 aromatic carbocycles. The number of carboxylic acids is 1. The van der Waals surface area contributed by atoms with E-state index in [1.54, 1.807) is 7.11 Å². The zero-order valence-corrected chi connectivity index (χ0v) is 33.9. The van der Waals surface area contributed by atoms with Gasteiger partial charge in [0.05, 0.1) is 24.9 Å². The number of anilines is 1. The lowest BCUT2D eigenvalue weighted by atomic mass is 9.96. The number of methoxy groups -OCH3 is 1. The van der Waals surface area contributed by atoms with Crippen LogP contribution in [0.15, 0.2) is 41.8 Å². The molecule has 3 amide bonds. The first-order chi connectivity index (χ1) is 28.2. The van der Waals surface area contributed by atoms with Crippen molar-refractivity contribution in [3.05, 3.63) is 41.8 Å². The highest BCUT2D eigenvalue weighted by Crippen LogP contribution is 2.45. The van der Waals surface area contributed by atoms with Crippen LogP contribution in [0.3, 0.4) is 0 Å². The highest BCUT2D eigenvalue weighted by atomic mass is 32.1. The zero-order valence-electron chi connectivity index (χ0n) is 33.1. The molecule has 14 nitrogen and oxygen atoms in total. The van der Waals surface area contributed by atoms with E-state index in [9.17, 15) is 24.3 Å². The minimum absolute atomic E-state index is 0.0393. The number of ether oxygens (including phenoxy) is 3. The summed E-state index contributed by atoms with van der Waals surface area (Å²) in [5.41, 5.74) is 0.477. The van der Waals surface area contributed by atoms with Crippen LogP contribution in [-0.4, -0.2) is 93.4 Å². The molecule has 5 aliphatic rings. The maximum absolute atomic E-state index is 14.6. The topological polar surface area (TPSA) is 181 Å². The van der Waals surface area contributed by atoms with Gasteiger partial charge in [-0.15, -0.1) is 11.3 Å². The molecule has 0 radical (unpaired) electrons. The number of fused-ring (bicyclic) bond motifs is 3. The molecular weight excluding hydrogens is 761 g/mol. The Morgan fingerprint density at radius 2 is 1.72 bits per heavy atom. The van der Waals surface area contributed by atoms with Gasteiger partial charge in [0.15, 0.2) is 5.13 Å². The average molecular weight is 815 g/mol. The molecule has 0 spiro atoms. The number of benzene rings is 1. The molecule has 3 aliphatic carbocycles. The van der Waals surface area contributed by atoms with Gasteiger partial charge in [0.25, 0.3) is 0 Å². The minimum atomic E-state index is -1.45. The number of thiazole rings is 1. The van der Waals surface area contributed by atoms with Crippen LogP contribution in [0.4, 0.5) is 9.93 Å². The molecule has 3 saturated carbocycles. The maximum atomic E-state index is 14.6. The average Bonchev–Trinajstić information content (AvgIpc) is 3.65. The van der Waals surface area contributed by atoms with Crippen molar-refractivity contribution >= 4 is 51.2 Å². The SMILES string of the molecule is COc1ccc2c(O[C@@H]3C[C@H]4C(=O)N[C@]5(C(=O)O)C[C@H]5/C=C\CCCCC[C@H](NC(=O)OC5CCCC5)C(=O)N4C3)cc(-c3csc(NC4CCCCC4)n3)nc2c1. The monoisotopic (exact) mass is 814 g/mol. The first kappa shape index (κ1) is 39.9. The van der Waals surface area contributed by atoms with Crippen LogP contribution in [0, 0.1) is 5.92 Å². The van der Waals surface area contributed by atoms with Gasteiger partial charge in [-0.25, -0.2) is 19.6 Å². The van der Waals surface area contributed by atoms with Gasteiger partial charge < -0.3 is 40.2 Å². The number of hydrogen-bond acceptors (Lipinski definition) is 11. The third-order valence-corrected chi connectivity index (χ3v) is 13.2.